The Bertz CT molecular complexity index is 1380. The van der Waals surface area contributed by atoms with Crippen molar-refractivity contribution in [1.29, 1.82) is 0 Å². The monoisotopic (exact) mass is 578 g/mol. The molecule has 38 heavy (non-hydrogen) atoms. The van der Waals surface area contributed by atoms with E-state index in [-0.39, 0.29) is 40.5 Å². The fourth-order valence-corrected chi connectivity index (χ4v) is 5.09. The van der Waals surface area contributed by atoms with Crippen LogP contribution in [0, 0.1) is 5.92 Å². The van der Waals surface area contributed by atoms with Crippen molar-refractivity contribution in [3.05, 3.63) is 35.4 Å². The molecule has 1 aliphatic rings. The largest absolute Gasteiger partial charge is 0.479 e. The molecule has 13 nitrogen and oxygen atoms in total. The van der Waals surface area contributed by atoms with Gasteiger partial charge in [0.05, 0.1) is 25.2 Å². The maximum atomic E-state index is 13.4. The SMILES string of the molecule is COc1ncnc(OC)c1-n1c(NS(=O)(=O)C(C)C(OC)c2ncc(Cl)cn2)nnc1C1CC1C(F)(F)F. The fourth-order valence-electron chi connectivity index (χ4n) is 3.86. The Kier molecular flexibility index (Phi) is 7.62. The molecule has 0 aliphatic heterocycles. The molecule has 1 N–H and O–H groups in total. The van der Waals surface area contributed by atoms with E-state index in [0.717, 1.165) is 10.9 Å². The number of hydrogen-bond donors (Lipinski definition) is 1. The highest BCUT2D eigenvalue weighted by Crippen LogP contribution is 2.56. The lowest BCUT2D eigenvalue weighted by molar-refractivity contribution is -0.148. The summed E-state index contributed by atoms with van der Waals surface area (Å²) in [6, 6.07) is 0. The second-order valence-corrected chi connectivity index (χ2v) is 10.7. The highest BCUT2D eigenvalue weighted by molar-refractivity contribution is 7.93. The fraction of sp³-hybridized carbons (Fsp3) is 0.500. The van der Waals surface area contributed by atoms with Crippen LogP contribution >= 0.6 is 11.6 Å². The van der Waals surface area contributed by atoms with Crippen LogP contribution in [0.15, 0.2) is 18.7 Å². The van der Waals surface area contributed by atoms with Gasteiger partial charge in [-0.1, -0.05) is 11.6 Å². The molecule has 0 amide bonds. The van der Waals surface area contributed by atoms with Crippen molar-refractivity contribution in [2.45, 2.75) is 36.8 Å². The molecule has 4 rings (SSSR count). The quantitative estimate of drug-likeness (QED) is 0.377. The summed E-state index contributed by atoms with van der Waals surface area (Å²) < 4.78 is 86.3. The van der Waals surface area contributed by atoms with Crippen LogP contribution in [-0.2, 0) is 14.8 Å². The van der Waals surface area contributed by atoms with E-state index < -0.39 is 45.3 Å². The summed E-state index contributed by atoms with van der Waals surface area (Å²) in [7, 11) is -0.528. The van der Waals surface area contributed by atoms with E-state index in [0.29, 0.717) is 0 Å². The molecule has 206 valence electrons. The van der Waals surface area contributed by atoms with Crippen LogP contribution in [0.1, 0.15) is 37.0 Å². The number of methoxy groups -OCH3 is 3. The lowest BCUT2D eigenvalue weighted by Gasteiger charge is -2.22. The maximum Gasteiger partial charge on any atom is 0.392 e. The minimum absolute atomic E-state index is 0.0442. The van der Waals surface area contributed by atoms with Gasteiger partial charge in [-0.3, -0.25) is 9.29 Å². The lowest BCUT2D eigenvalue weighted by atomic mass is 10.2. The number of halogens is 4. The topological polar surface area (TPSA) is 156 Å². The Morgan fingerprint density at radius 1 is 1.08 bits per heavy atom. The van der Waals surface area contributed by atoms with Gasteiger partial charge >= 0.3 is 6.18 Å². The van der Waals surface area contributed by atoms with E-state index in [2.05, 4.69) is 34.9 Å². The maximum absolute atomic E-state index is 13.4. The van der Waals surface area contributed by atoms with E-state index in [1.807, 2.05) is 0 Å². The first-order valence-electron chi connectivity index (χ1n) is 10.9. The van der Waals surface area contributed by atoms with Gasteiger partial charge in [-0.2, -0.15) is 23.1 Å². The van der Waals surface area contributed by atoms with Crippen molar-refractivity contribution in [1.82, 2.24) is 34.7 Å². The van der Waals surface area contributed by atoms with Crippen LogP contribution in [0.3, 0.4) is 0 Å². The van der Waals surface area contributed by atoms with Gasteiger partial charge in [0, 0.05) is 25.4 Å². The molecule has 0 radical (unpaired) electrons. The average Bonchev–Trinajstić information content (AvgIpc) is 3.60. The van der Waals surface area contributed by atoms with Crippen LogP contribution in [-0.4, -0.2) is 75.9 Å². The molecular formula is C20H22ClF3N8O5S. The van der Waals surface area contributed by atoms with Crippen molar-refractivity contribution in [3.63, 3.8) is 0 Å². The molecule has 1 saturated carbocycles. The molecule has 4 atom stereocenters. The minimum Gasteiger partial charge on any atom is -0.479 e. The number of hydrogen-bond acceptors (Lipinski definition) is 11. The van der Waals surface area contributed by atoms with Gasteiger partial charge in [-0.05, 0) is 13.3 Å². The number of alkyl halides is 3. The van der Waals surface area contributed by atoms with Gasteiger partial charge in [0.2, 0.25) is 27.7 Å². The number of nitrogens with one attached hydrogen (secondary N) is 1. The van der Waals surface area contributed by atoms with E-state index in [4.69, 9.17) is 25.8 Å². The number of sulfonamides is 1. The number of aromatic nitrogens is 7. The van der Waals surface area contributed by atoms with Crippen LogP contribution in [0.2, 0.25) is 5.02 Å². The Morgan fingerprint density at radius 2 is 1.68 bits per heavy atom. The molecule has 3 aromatic heterocycles. The first kappa shape index (κ1) is 27.7. The molecule has 1 fully saturated rings. The number of nitrogens with zero attached hydrogens (tertiary/aromatic N) is 7. The van der Waals surface area contributed by atoms with Crippen molar-refractivity contribution in [2.24, 2.45) is 5.92 Å². The van der Waals surface area contributed by atoms with Crippen LogP contribution < -0.4 is 14.2 Å². The summed E-state index contributed by atoms with van der Waals surface area (Å²) in [4.78, 5) is 16.0. The predicted molar refractivity (Wildman–Crippen MR) is 126 cm³/mol. The number of rotatable bonds is 10. The second kappa shape index (κ2) is 10.5. The van der Waals surface area contributed by atoms with E-state index in [9.17, 15) is 21.6 Å². The Morgan fingerprint density at radius 3 is 2.18 bits per heavy atom. The molecule has 0 aromatic carbocycles. The zero-order valence-electron chi connectivity index (χ0n) is 20.3. The molecule has 0 bridgehead atoms. The molecule has 3 heterocycles. The minimum atomic E-state index is -4.48. The summed E-state index contributed by atoms with van der Waals surface area (Å²) in [5, 5.41) is 6.69. The van der Waals surface area contributed by atoms with Gasteiger partial charge in [0.15, 0.2) is 11.5 Å². The molecular weight excluding hydrogens is 557 g/mol. The molecule has 1 aliphatic carbocycles. The molecule has 18 heteroatoms. The first-order chi connectivity index (χ1) is 17.9. The Labute approximate surface area is 219 Å². The number of ether oxygens (including phenoxy) is 3. The molecule has 0 saturated heterocycles. The zero-order chi connectivity index (χ0) is 27.8. The summed E-state index contributed by atoms with van der Waals surface area (Å²) in [6.07, 6.45) is -2.20. The van der Waals surface area contributed by atoms with Crippen molar-refractivity contribution >= 4 is 27.6 Å². The zero-order valence-corrected chi connectivity index (χ0v) is 21.9. The standard InChI is InChI=1S/C20H22ClF3N8O5S/c1-9(14(35-2)15-25-6-10(21)7-26-15)38(33,34)31-19-30-29-16(11-5-12(11)20(22,23)24)32(19)13-17(36-3)27-8-28-18(13)37-4/h6-9,11-12,14H,5H2,1-4H3,(H,30,31). The predicted octanol–water partition coefficient (Wildman–Crippen LogP) is 2.70. The third-order valence-corrected chi connectivity index (χ3v) is 7.78. The van der Waals surface area contributed by atoms with E-state index >= 15 is 0 Å². The molecule has 0 spiro atoms. The average molecular weight is 579 g/mol. The summed E-state index contributed by atoms with van der Waals surface area (Å²) in [6.45, 7) is 1.34. The van der Waals surface area contributed by atoms with Gasteiger partial charge < -0.3 is 14.2 Å². The van der Waals surface area contributed by atoms with Crippen molar-refractivity contribution < 1.29 is 35.8 Å². The normalized spacial score (nSPS) is 19.1. The lowest BCUT2D eigenvalue weighted by Crippen LogP contribution is -2.33. The molecule has 3 aromatic rings. The van der Waals surface area contributed by atoms with Crippen LogP contribution in [0.25, 0.3) is 5.69 Å². The highest BCUT2D eigenvalue weighted by Gasteiger charge is 2.58. The summed E-state index contributed by atoms with van der Waals surface area (Å²) >= 11 is 5.82. The van der Waals surface area contributed by atoms with Gasteiger partial charge in [-0.15, -0.1) is 10.2 Å². The second-order valence-electron chi connectivity index (χ2n) is 8.22. The van der Waals surface area contributed by atoms with E-state index in [1.165, 1.54) is 40.6 Å². The van der Waals surface area contributed by atoms with Gasteiger partial charge in [-0.25, -0.2) is 18.4 Å². The van der Waals surface area contributed by atoms with Crippen molar-refractivity contribution in [3.8, 4) is 17.4 Å². The van der Waals surface area contributed by atoms with Crippen LogP contribution in [0.4, 0.5) is 19.1 Å². The van der Waals surface area contributed by atoms with E-state index in [1.54, 1.807) is 0 Å². The van der Waals surface area contributed by atoms with Gasteiger partial charge in [0.25, 0.3) is 0 Å². The van der Waals surface area contributed by atoms with Crippen molar-refractivity contribution in [2.75, 3.05) is 26.1 Å². The first-order valence-corrected chi connectivity index (χ1v) is 12.8. The Balaban J connectivity index is 1.78. The number of anilines is 1. The third kappa shape index (κ3) is 5.30. The van der Waals surface area contributed by atoms with Crippen LogP contribution in [0.5, 0.6) is 11.8 Å². The highest BCUT2D eigenvalue weighted by atomic mass is 35.5. The molecule has 4 unspecified atom stereocenters. The summed E-state index contributed by atoms with van der Waals surface area (Å²) in [5.41, 5.74) is -0.0833. The third-order valence-electron chi connectivity index (χ3n) is 5.89. The smallest absolute Gasteiger partial charge is 0.392 e. The summed E-state index contributed by atoms with van der Waals surface area (Å²) in [5.74, 6) is -3.56. The Hall–Kier alpha value is -3.31. The van der Waals surface area contributed by atoms with Gasteiger partial charge in [0.1, 0.15) is 23.5 Å².